The van der Waals surface area contributed by atoms with E-state index in [9.17, 15) is 4.79 Å². The number of aryl methyl sites for hydroxylation is 2. The van der Waals surface area contributed by atoms with Crippen molar-refractivity contribution in [2.75, 3.05) is 17.7 Å². The number of benzene rings is 1. The van der Waals surface area contributed by atoms with Gasteiger partial charge in [-0.3, -0.25) is 4.79 Å². The van der Waals surface area contributed by atoms with Crippen molar-refractivity contribution in [1.82, 2.24) is 9.97 Å². The maximum absolute atomic E-state index is 13.0. The van der Waals surface area contributed by atoms with Crippen LogP contribution < -0.4 is 4.90 Å². The number of hydrogen-bond donors (Lipinski definition) is 0. The lowest BCUT2D eigenvalue weighted by Gasteiger charge is -2.23. The molecule has 26 heavy (non-hydrogen) atoms. The molecular weight excluding hydrogens is 362 g/mol. The quantitative estimate of drug-likeness (QED) is 0.564. The van der Waals surface area contributed by atoms with Crippen LogP contribution in [0.4, 0.5) is 5.69 Å². The number of aromatic nitrogens is 2. The minimum Gasteiger partial charge on any atom is -0.311 e. The monoisotopic (exact) mass is 387 g/mol. The fourth-order valence-electron chi connectivity index (χ4n) is 3.27. The molecule has 0 fully saturated rings. The largest absolute Gasteiger partial charge is 0.311 e. The van der Waals surface area contributed by atoms with E-state index in [1.54, 1.807) is 11.8 Å². The Morgan fingerprint density at radius 3 is 2.65 bits per heavy atom. The van der Waals surface area contributed by atoms with Crippen LogP contribution in [0.25, 0.3) is 0 Å². The van der Waals surface area contributed by atoms with Gasteiger partial charge < -0.3 is 4.90 Å². The molecule has 1 aromatic carbocycles. The van der Waals surface area contributed by atoms with Crippen LogP contribution in [0.5, 0.6) is 0 Å². The van der Waals surface area contributed by atoms with Crippen molar-refractivity contribution in [3.63, 3.8) is 0 Å². The van der Waals surface area contributed by atoms with Crippen molar-refractivity contribution in [2.45, 2.75) is 55.3 Å². The molecular formula is C20H25N3OS2. The number of thioether (sulfide) groups is 2. The first kappa shape index (κ1) is 19.2. The van der Waals surface area contributed by atoms with Crippen LogP contribution in [0.3, 0.4) is 0 Å². The molecule has 0 aliphatic carbocycles. The standard InChI is InChI=1S/C20H25N3OS2/c1-13-11-12-23(17-7-5-6-8-18(17)26-13)19(24)10-9-16-14(2)21-20(25-4)22-15(16)3/h5-8,13H,9-12H2,1-4H3. The fourth-order valence-corrected chi connectivity index (χ4v) is 4.84. The maximum Gasteiger partial charge on any atom is 0.227 e. The Bertz CT molecular complexity index is 786. The minimum absolute atomic E-state index is 0.180. The molecule has 0 saturated heterocycles. The van der Waals surface area contributed by atoms with Crippen LogP contribution >= 0.6 is 23.5 Å². The van der Waals surface area contributed by atoms with E-state index in [0.717, 1.165) is 40.8 Å². The summed E-state index contributed by atoms with van der Waals surface area (Å²) in [6, 6.07) is 8.24. The molecule has 0 spiro atoms. The third-order valence-electron chi connectivity index (χ3n) is 4.72. The van der Waals surface area contributed by atoms with Gasteiger partial charge in [0.2, 0.25) is 5.91 Å². The third kappa shape index (κ3) is 4.23. The number of amides is 1. The highest BCUT2D eigenvalue weighted by Gasteiger charge is 2.24. The molecule has 2 aromatic rings. The zero-order chi connectivity index (χ0) is 18.7. The summed E-state index contributed by atoms with van der Waals surface area (Å²) in [4.78, 5) is 25.2. The number of rotatable bonds is 4. The van der Waals surface area contributed by atoms with Crippen molar-refractivity contribution in [3.05, 3.63) is 41.2 Å². The fraction of sp³-hybridized carbons (Fsp3) is 0.450. The van der Waals surface area contributed by atoms with Gasteiger partial charge in [0, 0.05) is 34.5 Å². The molecule has 0 saturated carbocycles. The van der Waals surface area contributed by atoms with Crippen LogP contribution in [0.15, 0.2) is 34.3 Å². The molecule has 1 atom stereocenters. The van der Waals surface area contributed by atoms with Gasteiger partial charge in [-0.2, -0.15) is 0 Å². The molecule has 1 aliphatic rings. The summed E-state index contributed by atoms with van der Waals surface area (Å²) in [5, 5.41) is 1.31. The predicted molar refractivity (Wildman–Crippen MR) is 110 cm³/mol. The minimum atomic E-state index is 0.180. The maximum atomic E-state index is 13.0. The molecule has 0 radical (unpaired) electrons. The van der Waals surface area contributed by atoms with E-state index >= 15 is 0 Å². The first-order valence-corrected chi connectivity index (χ1v) is 11.0. The number of nitrogens with zero attached hydrogens (tertiary/aromatic N) is 3. The Morgan fingerprint density at radius 1 is 1.27 bits per heavy atom. The van der Waals surface area contributed by atoms with Gasteiger partial charge in [0.25, 0.3) is 0 Å². The first-order chi connectivity index (χ1) is 12.5. The Kier molecular flexibility index (Phi) is 6.24. The van der Waals surface area contributed by atoms with Crippen molar-refractivity contribution in [1.29, 1.82) is 0 Å². The van der Waals surface area contributed by atoms with Crippen molar-refractivity contribution >= 4 is 35.1 Å². The number of hydrogen-bond acceptors (Lipinski definition) is 5. The average molecular weight is 388 g/mol. The summed E-state index contributed by atoms with van der Waals surface area (Å²) >= 11 is 3.41. The van der Waals surface area contributed by atoms with Gasteiger partial charge in [-0.25, -0.2) is 9.97 Å². The third-order valence-corrected chi connectivity index (χ3v) is 6.50. The summed E-state index contributed by atoms with van der Waals surface area (Å²) in [5.41, 5.74) is 4.11. The van der Waals surface area contributed by atoms with Crippen molar-refractivity contribution in [3.8, 4) is 0 Å². The Morgan fingerprint density at radius 2 is 1.96 bits per heavy atom. The Labute approximate surface area is 164 Å². The van der Waals surface area contributed by atoms with E-state index in [1.807, 2.05) is 48.9 Å². The highest BCUT2D eigenvalue weighted by Crippen LogP contribution is 2.37. The second kappa shape index (κ2) is 8.44. The SMILES string of the molecule is CSc1nc(C)c(CCC(=O)N2CCC(C)Sc3ccccc32)c(C)n1. The first-order valence-electron chi connectivity index (χ1n) is 8.93. The molecule has 2 heterocycles. The predicted octanol–water partition coefficient (Wildman–Crippen LogP) is 4.67. The van der Waals surface area contributed by atoms with E-state index in [2.05, 4.69) is 29.0 Å². The summed E-state index contributed by atoms with van der Waals surface area (Å²) in [7, 11) is 0. The lowest BCUT2D eigenvalue weighted by Crippen LogP contribution is -2.32. The van der Waals surface area contributed by atoms with Crippen LogP contribution in [-0.4, -0.2) is 33.9 Å². The molecule has 1 aliphatic heterocycles. The molecule has 0 N–H and O–H groups in total. The summed E-state index contributed by atoms with van der Waals surface area (Å²) < 4.78 is 0. The number of fused-ring (bicyclic) bond motifs is 1. The number of carbonyl (C=O) groups excluding carboxylic acids is 1. The van der Waals surface area contributed by atoms with Crippen molar-refractivity contribution in [2.24, 2.45) is 0 Å². The summed E-state index contributed by atoms with van der Waals surface area (Å²) in [6.45, 7) is 7.03. The second-order valence-corrected chi connectivity index (χ2v) is 8.84. The van der Waals surface area contributed by atoms with Crippen LogP contribution in [0.1, 0.15) is 36.7 Å². The molecule has 138 valence electrons. The normalized spacial score (nSPS) is 16.9. The second-order valence-electron chi connectivity index (χ2n) is 6.59. The molecule has 6 heteroatoms. The van der Waals surface area contributed by atoms with Gasteiger partial charge in [0.1, 0.15) is 0 Å². The molecule has 0 bridgehead atoms. The van der Waals surface area contributed by atoms with Gasteiger partial charge in [-0.15, -0.1) is 11.8 Å². The van der Waals surface area contributed by atoms with E-state index in [4.69, 9.17) is 0 Å². The number of anilines is 1. The van der Waals surface area contributed by atoms with E-state index < -0.39 is 0 Å². The Balaban J connectivity index is 1.77. The van der Waals surface area contributed by atoms with Gasteiger partial charge in [-0.1, -0.05) is 30.8 Å². The van der Waals surface area contributed by atoms with Gasteiger partial charge in [0.05, 0.1) is 5.69 Å². The molecule has 4 nitrogen and oxygen atoms in total. The highest BCUT2D eigenvalue weighted by molar-refractivity contribution is 8.00. The molecule has 3 rings (SSSR count). The number of para-hydroxylation sites is 1. The number of carbonyl (C=O) groups is 1. The zero-order valence-electron chi connectivity index (χ0n) is 15.8. The zero-order valence-corrected chi connectivity index (χ0v) is 17.4. The Hall–Kier alpha value is -1.53. The molecule has 1 amide bonds. The summed E-state index contributed by atoms with van der Waals surface area (Å²) in [6.07, 6.45) is 4.16. The van der Waals surface area contributed by atoms with Crippen molar-refractivity contribution < 1.29 is 4.79 Å². The average Bonchev–Trinajstić information content (AvgIpc) is 2.78. The van der Waals surface area contributed by atoms with Gasteiger partial charge in [0.15, 0.2) is 5.16 Å². The van der Waals surface area contributed by atoms with E-state index in [-0.39, 0.29) is 5.91 Å². The molecule has 1 aromatic heterocycles. The van der Waals surface area contributed by atoms with E-state index in [1.165, 1.54) is 4.90 Å². The molecule has 1 unspecified atom stereocenters. The van der Waals surface area contributed by atoms with Gasteiger partial charge in [-0.05, 0) is 50.6 Å². The lowest BCUT2D eigenvalue weighted by molar-refractivity contribution is -0.118. The van der Waals surface area contributed by atoms with Crippen LogP contribution in [0, 0.1) is 13.8 Å². The topological polar surface area (TPSA) is 46.1 Å². The highest BCUT2D eigenvalue weighted by atomic mass is 32.2. The van der Waals surface area contributed by atoms with Crippen LogP contribution in [0.2, 0.25) is 0 Å². The van der Waals surface area contributed by atoms with E-state index in [0.29, 0.717) is 18.1 Å². The smallest absolute Gasteiger partial charge is 0.227 e. The lowest BCUT2D eigenvalue weighted by atomic mass is 10.1. The van der Waals surface area contributed by atoms with Gasteiger partial charge >= 0.3 is 0 Å². The summed E-state index contributed by atoms with van der Waals surface area (Å²) in [5.74, 6) is 0.180. The van der Waals surface area contributed by atoms with Crippen LogP contribution in [-0.2, 0) is 11.2 Å².